The molecule has 1 amide bonds. The van der Waals surface area contributed by atoms with Crippen molar-refractivity contribution >= 4 is 31.9 Å². The minimum absolute atomic E-state index is 0.0485. The van der Waals surface area contributed by atoms with E-state index in [1.807, 2.05) is 12.1 Å². The molecule has 0 unspecified atom stereocenters. The van der Waals surface area contributed by atoms with Crippen molar-refractivity contribution in [2.75, 3.05) is 13.1 Å². The highest BCUT2D eigenvalue weighted by atomic mass is 79.9. The smallest absolute Gasteiger partial charge is 0.243 e. The van der Waals surface area contributed by atoms with Crippen LogP contribution in [-0.2, 0) is 21.2 Å². The average Bonchev–Trinajstić information content (AvgIpc) is 2.74. The number of hydrogen-bond acceptors (Lipinski definition) is 3. The highest BCUT2D eigenvalue weighted by molar-refractivity contribution is 9.10. The second-order valence-electron chi connectivity index (χ2n) is 7.78. The molecular formula is C22H25BrN2O3S. The molecule has 2 aliphatic rings. The van der Waals surface area contributed by atoms with Crippen LogP contribution in [0.2, 0.25) is 0 Å². The number of carbonyl (C=O) groups excluding carboxylic acids is 1. The first-order valence-corrected chi connectivity index (χ1v) is 12.3. The molecule has 5 nitrogen and oxygen atoms in total. The van der Waals surface area contributed by atoms with Crippen LogP contribution >= 0.6 is 15.9 Å². The molecule has 1 aliphatic carbocycles. The standard InChI is InChI=1S/C22H25BrN2O3S/c23-18-8-10-19(11-9-18)29(27,28)25-14-12-17(13-15-25)22(26)24-21-7-3-5-16-4-1-2-6-20(16)21/h1-2,4,6,8-11,17,21H,3,5,7,12-15H2,(H,24,26)/t21-/m0/s1. The summed E-state index contributed by atoms with van der Waals surface area (Å²) in [5, 5.41) is 3.22. The number of benzene rings is 2. The largest absolute Gasteiger partial charge is 0.349 e. The number of fused-ring (bicyclic) bond motifs is 1. The van der Waals surface area contributed by atoms with Crippen molar-refractivity contribution in [3.8, 4) is 0 Å². The Hall–Kier alpha value is -1.70. The van der Waals surface area contributed by atoms with E-state index in [1.165, 1.54) is 15.4 Å². The molecule has 1 fully saturated rings. The van der Waals surface area contributed by atoms with E-state index in [0.29, 0.717) is 30.8 Å². The van der Waals surface area contributed by atoms with Gasteiger partial charge < -0.3 is 5.32 Å². The normalized spacial score (nSPS) is 20.8. The SMILES string of the molecule is O=C(N[C@H]1CCCc2ccccc21)C1CCN(S(=O)(=O)c2ccc(Br)cc2)CC1. The van der Waals surface area contributed by atoms with Crippen LogP contribution in [0.1, 0.15) is 42.9 Å². The van der Waals surface area contributed by atoms with Gasteiger partial charge in [0.2, 0.25) is 15.9 Å². The van der Waals surface area contributed by atoms with Crippen LogP contribution in [0.15, 0.2) is 57.9 Å². The topological polar surface area (TPSA) is 66.5 Å². The van der Waals surface area contributed by atoms with Gasteiger partial charge in [-0.05, 0) is 67.5 Å². The highest BCUT2D eigenvalue weighted by Crippen LogP contribution is 2.31. The lowest BCUT2D eigenvalue weighted by atomic mass is 9.87. The number of amides is 1. The van der Waals surface area contributed by atoms with Gasteiger partial charge in [0, 0.05) is 23.5 Å². The summed E-state index contributed by atoms with van der Waals surface area (Å²) in [6.45, 7) is 0.746. The third kappa shape index (κ3) is 4.42. The van der Waals surface area contributed by atoms with Crippen molar-refractivity contribution in [3.05, 3.63) is 64.1 Å². The molecular weight excluding hydrogens is 452 g/mol. The Morgan fingerprint density at radius 1 is 1.00 bits per heavy atom. The number of halogens is 1. The van der Waals surface area contributed by atoms with Crippen LogP contribution in [0.25, 0.3) is 0 Å². The van der Waals surface area contributed by atoms with Gasteiger partial charge >= 0.3 is 0 Å². The van der Waals surface area contributed by atoms with Crippen LogP contribution in [0.3, 0.4) is 0 Å². The lowest BCUT2D eigenvalue weighted by Gasteiger charge is -2.32. The maximum Gasteiger partial charge on any atom is 0.243 e. The van der Waals surface area contributed by atoms with Crippen LogP contribution in [0, 0.1) is 5.92 Å². The Balaban J connectivity index is 1.37. The molecule has 1 aliphatic heterocycles. The zero-order chi connectivity index (χ0) is 20.4. The lowest BCUT2D eigenvalue weighted by molar-refractivity contribution is -0.127. The van der Waals surface area contributed by atoms with Gasteiger partial charge in [0.05, 0.1) is 10.9 Å². The van der Waals surface area contributed by atoms with E-state index >= 15 is 0 Å². The van der Waals surface area contributed by atoms with Crippen LogP contribution < -0.4 is 5.32 Å². The summed E-state index contributed by atoms with van der Waals surface area (Å²) >= 11 is 3.33. The number of nitrogens with one attached hydrogen (secondary N) is 1. The third-order valence-electron chi connectivity index (χ3n) is 5.96. The predicted molar refractivity (Wildman–Crippen MR) is 116 cm³/mol. The van der Waals surface area contributed by atoms with Gasteiger partial charge in [-0.1, -0.05) is 40.2 Å². The minimum atomic E-state index is -3.51. The van der Waals surface area contributed by atoms with E-state index in [0.717, 1.165) is 23.7 Å². The number of rotatable bonds is 4. The van der Waals surface area contributed by atoms with E-state index in [2.05, 4.69) is 33.4 Å². The average molecular weight is 477 g/mol. The van der Waals surface area contributed by atoms with Crippen molar-refractivity contribution in [2.45, 2.75) is 43.0 Å². The van der Waals surface area contributed by atoms with Crippen molar-refractivity contribution in [3.63, 3.8) is 0 Å². The van der Waals surface area contributed by atoms with Crippen LogP contribution in [0.5, 0.6) is 0 Å². The summed E-state index contributed by atoms with van der Waals surface area (Å²) in [7, 11) is -3.51. The first-order valence-electron chi connectivity index (χ1n) is 10.1. The monoisotopic (exact) mass is 476 g/mol. The maximum absolute atomic E-state index is 12.9. The first kappa shape index (κ1) is 20.6. The van der Waals surface area contributed by atoms with E-state index in [4.69, 9.17) is 0 Å². The van der Waals surface area contributed by atoms with Crippen molar-refractivity contribution in [1.82, 2.24) is 9.62 Å². The van der Waals surface area contributed by atoms with Gasteiger partial charge in [-0.3, -0.25) is 4.79 Å². The fourth-order valence-corrected chi connectivity index (χ4v) is 6.04. The first-order chi connectivity index (χ1) is 13.9. The molecule has 1 atom stereocenters. The summed E-state index contributed by atoms with van der Waals surface area (Å²) in [4.78, 5) is 13.1. The van der Waals surface area contributed by atoms with Gasteiger partial charge in [0.25, 0.3) is 0 Å². The zero-order valence-corrected chi connectivity index (χ0v) is 18.6. The number of hydrogen-bond donors (Lipinski definition) is 1. The van der Waals surface area contributed by atoms with Crippen LogP contribution in [-0.4, -0.2) is 31.7 Å². The number of piperidine rings is 1. The molecule has 0 spiro atoms. The van der Waals surface area contributed by atoms with Crippen molar-refractivity contribution < 1.29 is 13.2 Å². The molecule has 0 bridgehead atoms. The fraction of sp³-hybridized carbons (Fsp3) is 0.409. The summed E-state index contributed by atoms with van der Waals surface area (Å²) in [5.41, 5.74) is 2.54. The van der Waals surface area contributed by atoms with Crippen LogP contribution in [0.4, 0.5) is 0 Å². The Morgan fingerprint density at radius 3 is 2.41 bits per heavy atom. The van der Waals surface area contributed by atoms with E-state index in [-0.39, 0.29) is 17.9 Å². The summed E-state index contributed by atoms with van der Waals surface area (Å²) in [5.74, 6) is -0.0900. The quantitative estimate of drug-likeness (QED) is 0.723. The molecule has 4 rings (SSSR count). The molecule has 0 aromatic heterocycles. The second kappa shape index (κ2) is 8.58. The molecule has 2 aromatic carbocycles. The maximum atomic E-state index is 12.9. The molecule has 7 heteroatoms. The second-order valence-corrected chi connectivity index (χ2v) is 10.6. The summed E-state index contributed by atoms with van der Waals surface area (Å²) in [6, 6.07) is 15.1. The van der Waals surface area contributed by atoms with Gasteiger partial charge in [-0.15, -0.1) is 0 Å². The Morgan fingerprint density at radius 2 is 1.69 bits per heavy atom. The van der Waals surface area contributed by atoms with E-state index < -0.39 is 10.0 Å². The number of nitrogens with zero attached hydrogens (tertiary/aromatic N) is 1. The zero-order valence-electron chi connectivity index (χ0n) is 16.2. The molecule has 2 aromatic rings. The number of aryl methyl sites for hydroxylation is 1. The van der Waals surface area contributed by atoms with Crippen molar-refractivity contribution in [1.29, 1.82) is 0 Å². The highest BCUT2D eigenvalue weighted by Gasteiger charge is 2.33. The molecule has 1 heterocycles. The Kier molecular flexibility index (Phi) is 6.08. The number of carbonyl (C=O) groups is 1. The minimum Gasteiger partial charge on any atom is -0.349 e. The van der Waals surface area contributed by atoms with Gasteiger partial charge in [-0.25, -0.2) is 8.42 Å². The molecule has 29 heavy (non-hydrogen) atoms. The van der Waals surface area contributed by atoms with Gasteiger partial charge in [0.15, 0.2) is 0 Å². The van der Waals surface area contributed by atoms with Crippen molar-refractivity contribution in [2.24, 2.45) is 5.92 Å². The molecule has 0 saturated carbocycles. The predicted octanol–water partition coefficient (Wildman–Crippen LogP) is 4.04. The number of sulfonamides is 1. The molecule has 1 N–H and O–H groups in total. The summed E-state index contributed by atoms with van der Waals surface area (Å²) < 4.78 is 28.0. The summed E-state index contributed by atoms with van der Waals surface area (Å²) in [6.07, 6.45) is 4.20. The van der Waals surface area contributed by atoms with E-state index in [9.17, 15) is 13.2 Å². The molecule has 0 radical (unpaired) electrons. The van der Waals surface area contributed by atoms with E-state index in [1.54, 1.807) is 24.3 Å². The fourth-order valence-electron chi connectivity index (χ4n) is 4.31. The Bertz CT molecular complexity index is 983. The third-order valence-corrected chi connectivity index (χ3v) is 8.40. The molecule has 1 saturated heterocycles. The lowest BCUT2D eigenvalue weighted by Crippen LogP contribution is -2.44. The Labute approximate surface area is 180 Å². The van der Waals surface area contributed by atoms with Gasteiger partial charge in [0.1, 0.15) is 0 Å². The molecule has 154 valence electrons. The van der Waals surface area contributed by atoms with Gasteiger partial charge in [-0.2, -0.15) is 4.31 Å².